The third kappa shape index (κ3) is 3.54. The second-order valence-corrected chi connectivity index (χ2v) is 8.76. The summed E-state index contributed by atoms with van der Waals surface area (Å²) in [5.41, 5.74) is 12.4. The molecule has 0 saturated carbocycles. The Morgan fingerprint density at radius 2 is 1.61 bits per heavy atom. The maximum absolute atomic E-state index is 12.3. The normalized spacial score (nSPS) is 11.5. The van der Waals surface area contributed by atoms with E-state index < -0.39 is 5.91 Å². The molecule has 0 aliphatic carbocycles. The maximum atomic E-state index is 12.3. The number of fused-ring (bicyclic) bond motifs is 3. The van der Waals surface area contributed by atoms with E-state index in [4.69, 9.17) is 5.73 Å². The van der Waals surface area contributed by atoms with Gasteiger partial charge in [0.1, 0.15) is 5.75 Å². The molecule has 4 heteroatoms. The number of hydrogen-bond acceptors (Lipinski definition) is 2. The van der Waals surface area contributed by atoms with Gasteiger partial charge in [-0.3, -0.25) is 4.79 Å². The Labute approximate surface area is 192 Å². The number of aromatic hydroxyl groups is 1. The average molecular weight is 435 g/mol. The molecular formula is C29H26N2O2. The standard InChI is InChI=1S/C29H26N2O2/c1-18(2)21-15-25-28(26(32)16-21)27-23(29(30)33)13-8-14-24(27)31(25)17-20-11-6-7-12-22(20)19-9-4-3-5-10-19/h3-16,18,32H,17H2,1-2H3,(H2,30,33). The van der Waals surface area contributed by atoms with Crippen molar-refractivity contribution < 1.29 is 9.90 Å². The number of phenols is 1. The number of nitrogens with two attached hydrogens (primary N) is 1. The Morgan fingerprint density at radius 1 is 0.879 bits per heavy atom. The number of hydrogen-bond donors (Lipinski definition) is 2. The quantitative estimate of drug-likeness (QED) is 0.334. The number of benzene rings is 4. The fraction of sp³-hybridized carbons (Fsp3) is 0.138. The van der Waals surface area contributed by atoms with Gasteiger partial charge in [-0.1, -0.05) is 74.5 Å². The number of carbonyl (C=O) groups is 1. The Kier molecular flexibility index (Phi) is 5.14. The van der Waals surface area contributed by atoms with E-state index in [0.717, 1.165) is 33.3 Å². The van der Waals surface area contributed by atoms with Crippen LogP contribution in [-0.4, -0.2) is 15.6 Å². The molecule has 0 fully saturated rings. The summed E-state index contributed by atoms with van der Waals surface area (Å²) in [7, 11) is 0. The summed E-state index contributed by atoms with van der Waals surface area (Å²) < 4.78 is 2.18. The van der Waals surface area contributed by atoms with Crippen molar-refractivity contribution in [1.82, 2.24) is 4.57 Å². The zero-order chi connectivity index (χ0) is 23.1. The average Bonchev–Trinajstić information content (AvgIpc) is 3.14. The number of amides is 1. The van der Waals surface area contributed by atoms with Crippen LogP contribution >= 0.6 is 0 Å². The minimum Gasteiger partial charge on any atom is -0.507 e. The highest BCUT2D eigenvalue weighted by Gasteiger charge is 2.21. The van der Waals surface area contributed by atoms with Gasteiger partial charge in [-0.2, -0.15) is 0 Å². The van der Waals surface area contributed by atoms with E-state index in [9.17, 15) is 9.90 Å². The lowest BCUT2D eigenvalue weighted by atomic mass is 9.99. The molecule has 1 amide bonds. The summed E-state index contributed by atoms with van der Waals surface area (Å²) in [6.45, 7) is 4.80. The minimum atomic E-state index is -0.503. The van der Waals surface area contributed by atoms with Gasteiger partial charge in [-0.05, 0) is 52.4 Å². The second kappa shape index (κ2) is 8.14. The van der Waals surface area contributed by atoms with Gasteiger partial charge < -0.3 is 15.4 Å². The van der Waals surface area contributed by atoms with E-state index in [2.05, 4.69) is 48.7 Å². The monoisotopic (exact) mass is 434 g/mol. The van der Waals surface area contributed by atoms with E-state index in [-0.39, 0.29) is 11.7 Å². The fourth-order valence-corrected chi connectivity index (χ4v) is 4.70. The third-order valence-electron chi connectivity index (χ3n) is 6.36. The lowest BCUT2D eigenvalue weighted by Gasteiger charge is -2.14. The molecule has 0 aliphatic heterocycles. The number of aromatic nitrogens is 1. The van der Waals surface area contributed by atoms with Gasteiger partial charge in [0.25, 0.3) is 0 Å². The summed E-state index contributed by atoms with van der Waals surface area (Å²) in [6, 6.07) is 28.1. The van der Waals surface area contributed by atoms with Crippen LogP contribution in [0.15, 0.2) is 84.9 Å². The van der Waals surface area contributed by atoms with Crippen LogP contribution in [0.2, 0.25) is 0 Å². The highest BCUT2D eigenvalue weighted by molar-refractivity contribution is 6.19. The predicted octanol–water partition coefficient (Wildman–Crippen LogP) is 6.44. The van der Waals surface area contributed by atoms with Gasteiger partial charge >= 0.3 is 0 Å². The van der Waals surface area contributed by atoms with Crippen molar-refractivity contribution in [2.45, 2.75) is 26.3 Å². The molecule has 1 heterocycles. The highest BCUT2D eigenvalue weighted by atomic mass is 16.3. The Balaban J connectivity index is 1.82. The summed E-state index contributed by atoms with van der Waals surface area (Å²) in [5.74, 6) is -0.0827. The Morgan fingerprint density at radius 3 is 2.33 bits per heavy atom. The lowest BCUT2D eigenvalue weighted by molar-refractivity contribution is 0.100. The van der Waals surface area contributed by atoms with Crippen molar-refractivity contribution in [3.8, 4) is 16.9 Å². The molecule has 5 rings (SSSR count). The van der Waals surface area contributed by atoms with Crippen LogP contribution in [-0.2, 0) is 6.54 Å². The van der Waals surface area contributed by atoms with Crippen LogP contribution in [0, 0.1) is 0 Å². The molecular weight excluding hydrogens is 408 g/mol. The largest absolute Gasteiger partial charge is 0.507 e. The molecule has 0 atom stereocenters. The number of rotatable bonds is 5. The van der Waals surface area contributed by atoms with Gasteiger partial charge in [0.2, 0.25) is 5.91 Å². The molecule has 0 radical (unpaired) electrons. The van der Waals surface area contributed by atoms with Crippen LogP contribution in [0.5, 0.6) is 5.75 Å². The van der Waals surface area contributed by atoms with Crippen LogP contribution < -0.4 is 5.73 Å². The van der Waals surface area contributed by atoms with Crippen molar-refractivity contribution in [2.24, 2.45) is 5.73 Å². The van der Waals surface area contributed by atoms with Crippen LogP contribution in [0.3, 0.4) is 0 Å². The predicted molar refractivity (Wildman–Crippen MR) is 135 cm³/mol. The molecule has 1 aromatic heterocycles. The molecule has 4 nitrogen and oxygen atoms in total. The fourth-order valence-electron chi connectivity index (χ4n) is 4.70. The maximum Gasteiger partial charge on any atom is 0.249 e. The molecule has 4 aromatic carbocycles. The first-order valence-corrected chi connectivity index (χ1v) is 11.2. The zero-order valence-electron chi connectivity index (χ0n) is 18.7. The van der Waals surface area contributed by atoms with Gasteiger partial charge in [-0.15, -0.1) is 0 Å². The van der Waals surface area contributed by atoms with E-state index in [1.165, 1.54) is 0 Å². The molecule has 0 aliphatic rings. The summed E-state index contributed by atoms with van der Waals surface area (Å²) in [4.78, 5) is 12.3. The molecule has 3 N–H and O–H groups in total. The molecule has 0 spiro atoms. The van der Waals surface area contributed by atoms with E-state index in [0.29, 0.717) is 22.9 Å². The van der Waals surface area contributed by atoms with Crippen LogP contribution in [0.4, 0.5) is 0 Å². The summed E-state index contributed by atoms with van der Waals surface area (Å²) in [5, 5.41) is 12.4. The van der Waals surface area contributed by atoms with Crippen molar-refractivity contribution in [3.63, 3.8) is 0 Å². The van der Waals surface area contributed by atoms with Gasteiger partial charge in [-0.25, -0.2) is 0 Å². The van der Waals surface area contributed by atoms with Gasteiger partial charge in [0.05, 0.1) is 16.4 Å². The SMILES string of the molecule is CC(C)c1cc(O)c2c3c(C(N)=O)cccc3n(Cc3ccccc3-c3ccccc3)c2c1. The number of nitrogens with zero attached hydrogens (tertiary/aromatic N) is 1. The first-order chi connectivity index (χ1) is 16.0. The first kappa shape index (κ1) is 20.8. The Bertz CT molecular complexity index is 1500. The van der Waals surface area contributed by atoms with E-state index in [1.54, 1.807) is 12.1 Å². The Hall–Kier alpha value is -4.05. The number of phenolic OH excluding ortho intramolecular Hbond substituents is 1. The summed E-state index contributed by atoms with van der Waals surface area (Å²) in [6.07, 6.45) is 0. The van der Waals surface area contributed by atoms with Gasteiger partial charge in [0, 0.05) is 17.5 Å². The molecule has 33 heavy (non-hydrogen) atoms. The summed E-state index contributed by atoms with van der Waals surface area (Å²) >= 11 is 0. The smallest absolute Gasteiger partial charge is 0.249 e. The third-order valence-corrected chi connectivity index (χ3v) is 6.36. The van der Waals surface area contributed by atoms with E-state index >= 15 is 0 Å². The van der Waals surface area contributed by atoms with Crippen LogP contribution in [0.1, 0.15) is 41.3 Å². The number of primary amides is 1. The van der Waals surface area contributed by atoms with Crippen molar-refractivity contribution >= 4 is 27.7 Å². The van der Waals surface area contributed by atoms with Crippen molar-refractivity contribution in [1.29, 1.82) is 0 Å². The molecule has 164 valence electrons. The van der Waals surface area contributed by atoms with Crippen molar-refractivity contribution in [3.05, 3.63) is 102 Å². The van der Waals surface area contributed by atoms with Crippen LogP contribution in [0.25, 0.3) is 32.9 Å². The topological polar surface area (TPSA) is 68.2 Å². The van der Waals surface area contributed by atoms with Gasteiger partial charge in [0.15, 0.2) is 0 Å². The lowest BCUT2D eigenvalue weighted by Crippen LogP contribution is -2.11. The number of carbonyl (C=O) groups excluding carboxylic acids is 1. The minimum absolute atomic E-state index is 0.171. The molecule has 0 bridgehead atoms. The first-order valence-electron chi connectivity index (χ1n) is 11.2. The molecule has 5 aromatic rings. The molecule has 0 unspecified atom stereocenters. The van der Waals surface area contributed by atoms with E-state index in [1.807, 2.05) is 42.5 Å². The highest BCUT2D eigenvalue weighted by Crippen LogP contribution is 2.40. The second-order valence-electron chi connectivity index (χ2n) is 8.76. The molecule has 0 saturated heterocycles. The zero-order valence-corrected chi connectivity index (χ0v) is 18.7. The van der Waals surface area contributed by atoms with Crippen molar-refractivity contribution in [2.75, 3.05) is 0 Å².